The second kappa shape index (κ2) is 9.64. The van der Waals surface area contributed by atoms with Gasteiger partial charge in [0, 0.05) is 26.1 Å². The van der Waals surface area contributed by atoms with Crippen molar-refractivity contribution in [3.05, 3.63) is 65.2 Å². The van der Waals surface area contributed by atoms with Gasteiger partial charge in [0.1, 0.15) is 12.4 Å². The van der Waals surface area contributed by atoms with Crippen molar-refractivity contribution in [2.24, 2.45) is 0 Å². The van der Waals surface area contributed by atoms with Crippen LogP contribution in [0.1, 0.15) is 24.0 Å². The van der Waals surface area contributed by atoms with E-state index in [-0.39, 0.29) is 31.4 Å². The van der Waals surface area contributed by atoms with Crippen LogP contribution >= 0.6 is 0 Å². The van der Waals surface area contributed by atoms with Gasteiger partial charge in [-0.2, -0.15) is 0 Å². The average molecular weight is 480 g/mol. The van der Waals surface area contributed by atoms with E-state index in [1.54, 1.807) is 18.0 Å². The fraction of sp³-hybridized carbons (Fsp3) is 0.435. The molecular formula is C23H27F2N3O4S. The summed E-state index contributed by atoms with van der Waals surface area (Å²) in [6.07, 6.45) is 5.89. The lowest BCUT2D eigenvalue weighted by atomic mass is 9.95. The van der Waals surface area contributed by atoms with E-state index in [0.717, 1.165) is 16.7 Å². The number of nitrogens with zero attached hydrogens (tertiary/aromatic N) is 2. The molecule has 33 heavy (non-hydrogen) atoms. The molecule has 2 unspecified atom stereocenters. The third kappa shape index (κ3) is 5.27. The number of ether oxygens (including phenoxy) is 1. The van der Waals surface area contributed by atoms with Gasteiger partial charge >= 0.3 is 6.03 Å². The predicted octanol–water partition coefficient (Wildman–Crippen LogP) is 3.12. The highest BCUT2D eigenvalue weighted by Gasteiger charge is 2.40. The number of rotatable bonds is 3. The Morgan fingerprint density at radius 3 is 2.88 bits per heavy atom. The van der Waals surface area contributed by atoms with Crippen LogP contribution in [0.3, 0.4) is 0 Å². The van der Waals surface area contributed by atoms with E-state index >= 15 is 0 Å². The average Bonchev–Trinajstić information content (AvgIpc) is 3.06. The van der Waals surface area contributed by atoms with Crippen molar-refractivity contribution in [2.45, 2.75) is 31.3 Å². The Hall–Kier alpha value is -2.72. The van der Waals surface area contributed by atoms with Crippen molar-refractivity contribution in [2.75, 3.05) is 32.8 Å². The maximum absolute atomic E-state index is 14.5. The fourth-order valence-electron chi connectivity index (χ4n) is 4.48. The Balaban J connectivity index is 1.72. The number of hydrogen-bond donors (Lipinski definition) is 1. The number of carbonyl (C=O) groups excluding carboxylic acids is 1. The van der Waals surface area contributed by atoms with Crippen LogP contribution in [0.5, 0.6) is 0 Å². The zero-order valence-electron chi connectivity index (χ0n) is 18.3. The first-order valence-corrected chi connectivity index (χ1v) is 12.5. The second-order valence-corrected chi connectivity index (χ2v) is 10.1. The van der Waals surface area contributed by atoms with Gasteiger partial charge in [-0.1, -0.05) is 36.4 Å². The zero-order chi connectivity index (χ0) is 23.6. The third-order valence-electron chi connectivity index (χ3n) is 6.20. The number of nitrogens with one attached hydrogen (secondary N) is 1. The number of allylic oxidation sites excluding steroid dienone is 5. The summed E-state index contributed by atoms with van der Waals surface area (Å²) in [5.74, 6) is -0.223. The summed E-state index contributed by atoms with van der Waals surface area (Å²) in [5, 5.41) is 0. The first kappa shape index (κ1) is 23.4. The normalized spacial score (nSPS) is 24.1. The highest BCUT2D eigenvalue weighted by molar-refractivity contribution is 7.89. The molecule has 4 rings (SSSR count). The van der Waals surface area contributed by atoms with Gasteiger partial charge in [-0.3, -0.25) is 0 Å². The van der Waals surface area contributed by atoms with Crippen molar-refractivity contribution < 1.29 is 26.7 Å². The number of benzene rings is 1. The van der Waals surface area contributed by atoms with Gasteiger partial charge in [0.15, 0.2) is 5.83 Å². The van der Waals surface area contributed by atoms with Crippen LogP contribution in [-0.4, -0.2) is 69.1 Å². The Morgan fingerprint density at radius 2 is 2.09 bits per heavy atom. The number of carbonyl (C=O) groups is 1. The molecule has 1 aromatic carbocycles. The predicted molar refractivity (Wildman–Crippen MR) is 121 cm³/mol. The Kier molecular flexibility index (Phi) is 6.85. The number of halogens is 2. The molecule has 2 atom stereocenters. The monoisotopic (exact) mass is 479 g/mol. The van der Waals surface area contributed by atoms with Gasteiger partial charge in [-0.15, -0.1) is 0 Å². The molecule has 1 N–H and O–H groups in total. The number of alkyl halides is 1. The van der Waals surface area contributed by atoms with E-state index in [1.807, 2.05) is 30.3 Å². The Labute approximate surface area is 192 Å². The van der Waals surface area contributed by atoms with Crippen molar-refractivity contribution in [3.8, 4) is 0 Å². The van der Waals surface area contributed by atoms with Crippen LogP contribution in [0.2, 0.25) is 0 Å². The summed E-state index contributed by atoms with van der Waals surface area (Å²) in [7, 11) is -2.46. The van der Waals surface area contributed by atoms with Crippen molar-refractivity contribution in [1.82, 2.24) is 14.5 Å². The maximum atomic E-state index is 14.5. The molecule has 2 heterocycles. The standard InChI is InChI=1S/C23H27F2N3O4S/c1-27-10-11-32-22-14-18(6-3-7-19(22)25)17-5-2-4-16(12-17)13-21-20(26-33(30,31)15-24)8-9-28(21)23(27)29/h2-7,12,20-21,26H,8-11,13-15H2,1H3. The maximum Gasteiger partial charge on any atom is 0.320 e. The first-order chi connectivity index (χ1) is 15.8. The van der Waals surface area contributed by atoms with Crippen LogP contribution in [0.15, 0.2) is 54.1 Å². The number of likely N-dealkylation sites (N-methyl/N-ethyl adjacent to an activating group) is 1. The van der Waals surface area contributed by atoms with Crippen molar-refractivity contribution >= 4 is 21.6 Å². The Bertz CT molecular complexity index is 1120. The summed E-state index contributed by atoms with van der Waals surface area (Å²) in [4.78, 5) is 16.3. The minimum atomic E-state index is -4.08. The molecule has 1 fully saturated rings. The molecule has 4 bridgehead atoms. The molecule has 3 aliphatic rings. The molecule has 0 radical (unpaired) electrons. The summed E-state index contributed by atoms with van der Waals surface area (Å²) < 4.78 is 59.5. The molecule has 2 amide bonds. The molecule has 1 aliphatic carbocycles. The summed E-state index contributed by atoms with van der Waals surface area (Å²) >= 11 is 0. The van der Waals surface area contributed by atoms with Gasteiger partial charge in [0.25, 0.3) is 0 Å². The number of fused-ring (bicyclic) bond motifs is 6. The highest BCUT2D eigenvalue weighted by atomic mass is 32.2. The lowest BCUT2D eigenvalue weighted by Gasteiger charge is -2.32. The number of hydrogen-bond acceptors (Lipinski definition) is 4. The zero-order valence-corrected chi connectivity index (χ0v) is 19.2. The van der Waals surface area contributed by atoms with Crippen molar-refractivity contribution in [1.29, 1.82) is 0 Å². The SMILES string of the molecule is CN1CCOC2=C(F)C=CC=C(C2)c2cccc(c2)CC2C(NS(=O)(=O)CF)CCN2C1=O. The van der Waals surface area contributed by atoms with E-state index in [1.165, 1.54) is 11.0 Å². The molecule has 0 saturated carbocycles. The van der Waals surface area contributed by atoms with Gasteiger partial charge in [0.2, 0.25) is 16.0 Å². The largest absolute Gasteiger partial charge is 0.493 e. The number of urea groups is 1. The number of amides is 2. The van der Waals surface area contributed by atoms with Crippen LogP contribution < -0.4 is 4.72 Å². The molecule has 10 heteroatoms. The number of sulfonamides is 1. The smallest absolute Gasteiger partial charge is 0.320 e. The molecule has 0 aromatic heterocycles. The minimum Gasteiger partial charge on any atom is -0.493 e. The second-order valence-electron chi connectivity index (χ2n) is 8.45. The topological polar surface area (TPSA) is 79.0 Å². The van der Waals surface area contributed by atoms with E-state index in [2.05, 4.69) is 4.72 Å². The van der Waals surface area contributed by atoms with Crippen LogP contribution in [0.4, 0.5) is 13.6 Å². The minimum absolute atomic E-state index is 0.114. The Morgan fingerprint density at radius 1 is 1.27 bits per heavy atom. The van der Waals surface area contributed by atoms with Gasteiger partial charge in [-0.25, -0.2) is 26.7 Å². The lowest BCUT2D eigenvalue weighted by Crippen LogP contribution is -2.51. The summed E-state index contributed by atoms with van der Waals surface area (Å²) in [5.41, 5.74) is 2.66. The third-order valence-corrected chi connectivity index (χ3v) is 7.14. The highest BCUT2D eigenvalue weighted by Crippen LogP contribution is 2.31. The van der Waals surface area contributed by atoms with Crippen LogP contribution in [0, 0.1) is 0 Å². The van der Waals surface area contributed by atoms with E-state index in [9.17, 15) is 22.0 Å². The molecule has 1 saturated heterocycles. The molecule has 1 aromatic rings. The van der Waals surface area contributed by atoms with Crippen LogP contribution in [0.25, 0.3) is 5.57 Å². The van der Waals surface area contributed by atoms with Crippen LogP contribution in [-0.2, 0) is 21.2 Å². The summed E-state index contributed by atoms with van der Waals surface area (Å²) in [6, 6.07) is 4.79. The molecule has 2 aliphatic heterocycles. The summed E-state index contributed by atoms with van der Waals surface area (Å²) in [6.45, 7) is 0.680. The molecule has 178 valence electrons. The van der Waals surface area contributed by atoms with Gasteiger partial charge < -0.3 is 14.5 Å². The van der Waals surface area contributed by atoms with Crippen molar-refractivity contribution in [3.63, 3.8) is 0 Å². The fourth-order valence-corrected chi connectivity index (χ4v) is 5.28. The van der Waals surface area contributed by atoms with E-state index < -0.39 is 33.9 Å². The quantitative estimate of drug-likeness (QED) is 0.723. The van der Waals surface area contributed by atoms with E-state index in [0.29, 0.717) is 19.4 Å². The van der Waals surface area contributed by atoms with E-state index in [4.69, 9.17) is 4.74 Å². The molecule has 7 nitrogen and oxygen atoms in total. The molecular weight excluding hydrogens is 452 g/mol. The van der Waals surface area contributed by atoms with Gasteiger partial charge in [0.05, 0.1) is 12.6 Å². The molecule has 0 spiro atoms. The van der Waals surface area contributed by atoms with Gasteiger partial charge in [-0.05, 0) is 35.6 Å². The first-order valence-electron chi connectivity index (χ1n) is 10.8. The lowest BCUT2D eigenvalue weighted by molar-refractivity contribution is 0.132.